The molecule has 0 amide bonds. The molecule has 0 aliphatic heterocycles. The first kappa shape index (κ1) is 15.6. The van der Waals surface area contributed by atoms with Crippen LogP contribution in [-0.4, -0.2) is 19.7 Å². The van der Waals surface area contributed by atoms with Crippen molar-refractivity contribution in [2.24, 2.45) is 0 Å². The van der Waals surface area contributed by atoms with Gasteiger partial charge < -0.3 is 10.5 Å². The number of aryl methyl sites for hydroxylation is 2. The average Bonchev–Trinajstić information content (AvgIpc) is 2.85. The highest BCUT2D eigenvalue weighted by Gasteiger charge is 2.15. The molecule has 0 fully saturated rings. The maximum atomic E-state index is 6.04. The molecule has 0 unspecified atom stereocenters. The Morgan fingerprint density at radius 3 is 2.65 bits per heavy atom. The standard InChI is InChI=1S/C15H13Cl2N5O/c1-8-6-12(22(21-8)11-5-3-4-10(16)7-11)23-15-13(18)14(17)19-9(2)20-15/h3-7H,18H2,1-2H3. The topological polar surface area (TPSA) is 78.9 Å². The molecule has 0 bridgehead atoms. The van der Waals surface area contributed by atoms with Gasteiger partial charge in [0.05, 0.1) is 11.4 Å². The zero-order valence-electron chi connectivity index (χ0n) is 12.4. The molecule has 0 saturated heterocycles. The van der Waals surface area contributed by atoms with Crippen LogP contribution in [0.2, 0.25) is 10.2 Å². The van der Waals surface area contributed by atoms with Gasteiger partial charge >= 0.3 is 0 Å². The van der Waals surface area contributed by atoms with Gasteiger partial charge in [0.1, 0.15) is 11.5 Å². The quantitative estimate of drug-likeness (QED) is 0.724. The van der Waals surface area contributed by atoms with Gasteiger partial charge in [-0.15, -0.1) is 0 Å². The molecule has 0 saturated carbocycles. The van der Waals surface area contributed by atoms with Gasteiger partial charge in [0.25, 0.3) is 0 Å². The van der Waals surface area contributed by atoms with Crippen LogP contribution in [0.1, 0.15) is 11.5 Å². The van der Waals surface area contributed by atoms with Gasteiger partial charge in [-0.2, -0.15) is 10.1 Å². The first-order valence-electron chi connectivity index (χ1n) is 6.74. The maximum Gasteiger partial charge on any atom is 0.249 e. The molecule has 0 radical (unpaired) electrons. The number of nitrogens with two attached hydrogens (primary N) is 1. The van der Waals surface area contributed by atoms with Crippen molar-refractivity contribution in [3.63, 3.8) is 0 Å². The van der Waals surface area contributed by atoms with Gasteiger partial charge in [-0.1, -0.05) is 29.3 Å². The van der Waals surface area contributed by atoms with Gasteiger partial charge in [0, 0.05) is 11.1 Å². The third-order valence-corrected chi connectivity index (χ3v) is 3.55. The molecule has 1 aromatic carbocycles. The molecule has 23 heavy (non-hydrogen) atoms. The summed E-state index contributed by atoms with van der Waals surface area (Å²) in [6.45, 7) is 3.56. The normalized spacial score (nSPS) is 10.8. The lowest BCUT2D eigenvalue weighted by Gasteiger charge is -2.11. The van der Waals surface area contributed by atoms with Crippen molar-refractivity contribution in [3.8, 4) is 17.4 Å². The first-order valence-corrected chi connectivity index (χ1v) is 7.49. The number of ether oxygens (including phenoxy) is 1. The minimum absolute atomic E-state index is 0.151. The smallest absolute Gasteiger partial charge is 0.249 e. The lowest BCUT2D eigenvalue weighted by molar-refractivity contribution is 0.428. The Hall–Kier alpha value is -2.31. The van der Waals surface area contributed by atoms with Crippen molar-refractivity contribution >= 4 is 28.9 Å². The fourth-order valence-electron chi connectivity index (χ4n) is 2.04. The Kier molecular flexibility index (Phi) is 4.11. The predicted molar refractivity (Wildman–Crippen MR) is 89.6 cm³/mol. The molecule has 8 heteroatoms. The summed E-state index contributed by atoms with van der Waals surface area (Å²) >= 11 is 12.0. The molecule has 0 spiro atoms. The predicted octanol–water partition coefficient (Wildman–Crippen LogP) is 3.96. The van der Waals surface area contributed by atoms with E-state index in [1.54, 1.807) is 29.8 Å². The third kappa shape index (κ3) is 3.23. The number of hydrogen-bond acceptors (Lipinski definition) is 5. The van der Waals surface area contributed by atoms with Crippen molar-refractivity contribution in [2.45, 2.75) is 13.8 Å². The van der Waals surface area contributed by atoms with Gasteiger partial charge in [0.2, 0.25) is 11.8 Å². The van der Waals surface area contributed by atoms with Crippen LogP contribution < -0.4 is 10.5 Å². The molecule has 3 rings (SSSR count). The number of anilines is 1. The summed E-state index contributed by atoms with van der Waals surface area (Å²) in [5, 5.41) is 5.16. The molecule has 118 valence electrons. The summed E-state index contributed by atoms with van der Waals surface area (Å²) in [6, 6.07) is 9.03. The first-order chi connectivity index (χ1) is 10.9. The van der Waals surface area contributed by atoms with Crippen LogP contribution in [0.15, 0.2) is 30.3 Å². The van der Waals surface area contributed by atoms with Crippen molar-refractivity contribution in [1.29, 1.82) is 0 Å². The fourth-order valence-corrected chi connectivity index (χ4v) is 2.43. The minimum atomic E-state index is 0.151. The number of benzene rings is 1. The summed E-state index contributed by atoms with van der Waals surface area (Å²) < 4.78 is 7.43. The molecule has 2 aromatic heterocycles. The molecule has 2 N–H and O–H groups in total. The molecule has 0 atom stereocenters. The SMILES string of the molecule is Cc1cc(Oc2nc(C)nc(Cl)c2N)n(-c2cccc(Cl)c2)n1. The van der Waals surface area contributed by atoms with E-state index in [0.29, 0.717) is 16.7 Å². The zero-order chi connectivity index (χ0) is 16.6. The number of hydrogen-bond donors (Lipinski definition) is 1. The van der Waals surface area contributed by atoms with Gasteiger partial charge in [-0.3, -0.25) is 0 Å². The second kappa shape index (κ2) is 6.06. The van der Waals surface area contributed by atoms with Crippen LogP contribution in [0.3, 0.4) is 0 Å². The Balaban J connectivity index is 2.05. The summed E-state index contributed by atoms with van der Waals surface area (Å²) in [5.41, 5.74) is 7.59. The second-order valence-corrected chi connectivity index (χ2v) is 5.69. The third-order valence-electron chi connectivity index (χ3n) is 3.03. The van der Waals surface area contributed by atoms with Crippen molar-refractivity contribution in [2.75, 3.05) is 5.73 Å². The van der Waals surface area contributed by atoms with E-state index in [2.05, 4.69) is 15.1 Å². The summed E-state index contributed by atoms with van der Waals surface area (Å²) in [5.74, 6) is 1.10. The Morgan fingerprint density at radius 1 is 1.13 bits per heavy atom. The summed E-state index contributed by atoms with van der Waals surface area (Å²) in [6.07, 6.45) is 0. The van der Waals surface area contributed by atoms with Crippen LogP contribution >= 0.6 is 23.2 Å². The lowest BCUT2D eigenvalue weighted by Crippen LogP contribution is -2.04. The molecular formula is C15H13Cl2N5O. The highest BCUT2D eigenvalue weighted by molar-refractivity contribution is 6.32. The van der Waals surface area contributed by atoms with E-state index in [9.17, 15) is 0 Å². The number of aromatic nitrogens is 4. The number of halogens is 2. The van der Waals surface area contributed by atoms with E-state index in [1.807, 2.05) is 19.1 Å². The molecule has 0 aliphatic rings. The monoisotopic (exact) mass is 349 g/mol. The van der Waals surface area contributed by atoms with E-state index >= 15 is 0 Å². The van der Waals surface area contributed by atoms with E-state index in [4.69, 9.17) is 33.7 Å². The van der Waals surface area contributed by atoms with Crippen molar-refractivity contribution in [3.05, 3.63) is 52.0 Å². The fraction of sp³-hybridized carbons (Fsp3) is 0.133. The van der Waals surface area contributed by atoms with Crippen LogP contribution in [0.4, 0.5) is 5.69 Å². The molecule has 3 aromatic rings. The van der Waals surface area contributed by atoms with Crippen LogP contribution in [0.25, 0.3) is 5.69 Å². The zero-order valence-corrected chi connectivity index (χ0v) is 13.9. The van der Waals surface area contributed by atoms with E-state index in [1.165, 1.54) is 0 Å². The Labute approximate surface area is 142 Å². The Bertz CT molecular complexity index is 878. The van der Waals surface area contributed by atoms with E-state index in [-0.39, 0.29) is 16.7 Å². The highest BCUT2D eigenvalue weighted by Crippen LogP contribution is 2.31. The summed E-state index contributed by atoms with van der Waals surface area (Å²) in [7, 11) is 0. The molecule has 0 aliphatic carbocycles. The van der Waals surface area contributed by atoms with Gasteiger partial charge in [0.15, 0.2) is 5.15 Å². The molecule has 6 nitrogen and oxygen atoms in total. The van der Waals surface area contributed by atoms with Crippen molar-refractivity contribution < 1.29 is 4.74 Å². The largest absolute Gasteiger partial charge is 0.418 e. The number of nitrogens with zero attached hydrogens (tertiary/aromatic N) is 4. The van der Waals surface area contributed by atoms with Crippen LogP contribution in [-0.2, 0) is 0 Å². The Morgan fingerprint density at radius 2 is 1.91 bits per heavy atom. The molecule has 2 heterocycles. The lowest BCUT2D eigenvalue weighted by atomic mass is 10.3. The number of nitrogen functional groups attached to an aromatic ring is 1. The molecular weight excluding hydrogens is 337 g/mol. The summed E-state index contributed by atoms with van der Waals surface area (Å²) in [4.78, 5) is 8.16. The van der Waals surface area contributed by atoms with Crippen molar-refractivity contribution in [1.82, 2.24) is 19.7 Å². The van der Waals surface area contributed by atoms with E-state index in [0.717, 1.165) is 11.4 Å². The van der Waals surface area contributed by atoms with Crippen LogP contribution in [0.5, 0.6) is 11.8 Å². The average molecular weight is 350 g/mol. The second-order valence-electron chi connectivity index (χ2n) is 4.90. The highest BCUT2D eigenvalue weighted by atomic mass is 35.5. The van der Waals surface area contributed by atoms with Gasteiger partial charge in [-0.25, -0.2) is 9.67 Å². The van der Waals surface area contributed by atoms with E-state index < -0.39 is 0 Å². The number of rotatable bonds is 3. The van der Waals surface area contributed by atoms with Gasteiger partial charge in [-0.05, 0) is 32.0 Å². The maximum absolute atomic E-state index is 6.04. The minimum Gasteiger partial charge on any atom is -0.418 e. The van der Waals surface area contributed by atoms with Crippen LogP contribution in [0, 0.1) is 13.8 Å².